The van der Waals surface area contributed by atoms with Crippen LogP contribution in [0.3, 0.4) is 0 Å². The molecule has 1 aromatic rings. The van der Waals surface area contributed by atoms with Gasteiger partial charge in [0.05, 0.1) is 6.61 Å². The lowest BCUT2D eigenvalue weighted by molar-refractivity contribution is 0.112. The summed E-state index contributed by atoms with van der Waals surface area (Å²) in [6, 6.07) is 5.48. The van der Waals surface area contributed by atoms with Gasteiger partial charge in [0.25, 0.3) is 0 Å². The van der Waals surface area contributed by atoms with Crippen LogP contribution in [0.1, 0.15) is 22.3 Å². The van der Waals surface area contributed by atoms with Gasteiger partial charge >= 0.3 is 0 Å². The molecule has 3 nitrogen and oxygen atoms in total. The Labute approximate surface area is 97.0 Å². The van der Waals surface area contributed by atoms with Crippen molar-refractivity contribution in [3.8, 4) is 5.75 Å². The SMILES string of the molecule is Cc1cc(C=O)ccc1OCCCN(C)C. The fraction of sp³-hybridized carbons (Fsp3) is 0.462. The van der Waals surface area contributed by atoms with Crippen molar-refractivity contribution in [1.82, 2.24) is 4.90 Å². The predicted octanol–water partition coefficient (Wildman–Crippen LogP) is 2.14. The Kier molecular flexibility index (Phi) is 4.99. The molecule has 0 heterocycles. The van der Waals surface area contributed by atoms with Crippen LogP contribution in [0.2, 0.25) is 0 Å². The molecule has 0 fully saturated rings. The Hall–Kier alpha value is -1.35. The summed E-state index contributed by atoms with van der Waals surface area (Å²) in [5, 5.41) is 0. The first-order valence-electron chi connectivity index (χ1n) is 5.47. The van der Waals surface area contributed by atoms with E-state index in [0.29, 0.717) is 12.2 Å². The van der Waals surface area contributed by atoms with Crippen LogP contribution in [-0.4, -0.2) is 38.4 Å². The zero-order chi connectivity index (χ0) is 12.0. The molecule has 0 N–H and O–H groups in total. The molecule has 0 bridgehead atoms. The van der Waals surface area contributed by atoms with E-state index in [0.717, 1.165) is 30.6 Å². The first-order valence-corrected chi connectivity index (χ1v) is 5.47. The van der Waals surface area contributed by atoms with Crippen LogP contribution < -0.4 is 4.74 Å². The number of carbonyl (C=O) groups excluding carboxylic acids is 1. The summed E-state index contributed by atoms with van der Waals surface area (Å²) in [7, 11) is 4.09. The molecular weight excluding hydrogens is 202 g/mol. The van der Waals surface area contributed by atoms with Crippen molar-refractivity contribution in [3.05, 3.63) is 29.3 Å². The maximum atomic E-state index is 10.6. The molecule has 0 radical (unpaired) electrons. The summed E-state index contributed by atoms with van der Waals surface area (Å²) in [6.07, 6.45) is 1.85. The minimum Gasteiger partial charge on any atom is -0.493 e. The summed E-state index contributed by atoms with van der Waals surface area (Å²) in [6.45, 7) is 3.68. The fourth-order valence-corrected chi connectivity index (χ4v) is 1.47. The average molecular weight is 221 g/mol. The van der Waals surface area contributed by atoms with Crippen LogP contribution in [0.4, 0.5) is 0 Å². The van der Waals surface area contributed by atoms with Gasteiger partial charge in [-0.3, -0.25) is 4.79 Å². The van der Waals surface area contributed by atoms with Crippen molar-refractivity contribution in [2.24, 2.45) is 0 Å². The van der Waals surface area contributed by atoms with Crippen molar-refractivity contribution < 1.29 is 9.53 Å². The predicted molar refractivity (Wildman–Crippen MR) is 65.2 cm³/mol. The van der Waals surface area contributed by atoms with E-state index in [2.05, 4.69) is 4.90 Å². The van der Waals surface area contributed by atoms with Gasteiger partial charge in [-0.15, -0.1) is 0 Å². The van der Waals surface area contributed by atoms with E-state index < -0.39 is 0 Å². The molecule has 0 spiro atoms. The molecule has 0 amide bonds. The number of nitrogens with zero attached hydrogens (tertiary/aromatic N) is 1. The highest BCUT2D eigenvalue weighted by Gasteiger charge is 2.00. The molecule has 0 aliphatic carbocycles. The molecule has 0 aromatic heterocycles. The molecule has 0 saturated carbocycles. The van der Waals surface area contributed by atoms with Crippen molar-refractivity contribution in [2.75, 3.05) is 27.2 Å². The Morgan fingerprint density at radius 1 is 1.38 bits per heavy atom. The second kappa shape index (κ2) is 6.28. The zero-order valence-corrected chi connectivity index (χ0v) is 10.2. The molecule has 16 heavy (non-hydrogen) atoms. The largest absolute Gasteiger partial charge is 0.493 e. The topological polar surface area (TPSA) is 29.5 Å². The summed E-state index contributed by atoms with van der Waals surface area (Å²) in [4.78, 5) is 12.7. The van der Waals surface area contributed by atoms with Crippen LogP contribution in [-0.2, 0) is 0 Å². The number of benzene rings is 1. The van der Waals surface area contributed by atoms with E-state index >= 15 is 0 Å². The Morgan fingerprint density at radius 3 is 2.69 bits per heavy atom. The van der Waals surface area contributed by atoms with Crippen molar-refractivity contribution in [1.29, 1.82) is 0 Å². The lowest BCUT2D eigenvalue weighted by Crippen LogP contribution is -2.15. The number of hydrogen-bond donors (Lipinski definition) is 0. The van der Waals surface area contributed by atoms with E-state index in [1.807, 2.05) is 33.2 Å². The number of aldehydes is 1. The highest BCUT2D eigenvalue weighted by atomic mass is 16.5. The lowest BCUT2D eigenvalue weighted by Gasteiger charge is -2.12. The number of ether oxygens (including phenoxy) is 1. The number of rotatable bonds is 6. The van der Waals surface area contributed by atoms with Gasteiger partial charge < -0.3 is 9.64 Å². The first-order chi connectivity index (χ1) is 7.63. The third-order valence-electron chi connectivity index (χ3n) is 2.34. The van der Waals surface area contributed by atoms with Crippen LogP contribution in [0.15, 0.2) is 18.2 Å². The van der Waals surface area contributed by atoms with Crippen LogP contribution in [0, 0.1) is 6.92 Å². The van der Waals surface area contributed by atoms with Gasteiger partial charge in [0, 0.05) is 12.1 Å². The minimum atomic E-state index is 0.693. The standard InChI is InChI=1S/C13H19NO2/c1-11-9-12(10-15)5-6-13(11)16-8-4-7-14(2)3/h5-6,9-10H,4,7-8H2,1-3H3. The lowest BCUT2D eigenvalue weighted by atomic mass is 10.1. The molecule has 0 unspecified atom stereocenters. The summed E-state index contributed by atoms with van der Waals surface area (Å²) in [5.74, 6) is 0.865. The van der Waals surface area contributed by atoms with E-state index in [1.165, 1.54) is 0 Å². The van der Waals surface area contributed by atoms with Gasteiger partial charge in [-0.2, -0.15) is 0 Å². The summed E-state index contributed by atoms with van der Waals surface area (Å²) in [5.41, 5.74) is 1.70. The molecular formula is C13H19NO2. The first kappa shape index (κ1) is 12.7. The Balaban J connectivity index is 2.45. The minimum absolute atomic E-state index is 0.693. The monoisotopic (exact) mass is 221 g/mol. The van der Waals surface area contributed by atoms with Gasteiger partial charge in [0.2, 0.25) is 0 Å². The fourth-order valence-electron chi connectivity index (χ4n) is 1.47. The summed E-state index contributed by atoms with van der Waals surface area (Å²) < 4.78 is 5.64. The number of hydrogen-bond acceptors (Lipinski definition) is 3. The second-order valence-corrected chi connectivity index (χ2v) is 4.15. The van der Waals surface area contributed by atoms with Gasteiger partial charge in [0.15, 0.2) is 0 Å². The van der Waals surface area contributed by atoms with Crippen LogP contribution in [0.25, 0.3) is 0 Å². The molecule has 0 saturated heterocycles. The highest BCUT2D eigenvalue weighted by molar-refractivity contribution is 5.75. The van der Waals surface area contributed by atoms with Gasteiger partial charge in [-0.25, -0.2) is 0 Å². The van der Waals surface area contributed by atoms with Gasteiger partial charge in [-0.05, 0) is 51.2 Å². The number of aryl methyl sites for hydroxylation is 1. The van der Waals surface area contributed by atoms with E-state index in [9.17, 15) is 4.79 Å². The second-order valence-electron chi connectivity index (χ2n) is 4.15. The normalized spacial score (nSPS) is 10.5. The average Bonchev–Trinajstić information content (AvgIpc) is 2.25. The molecule has 1 rings (SSSR count). The quantitative estimate of drug-likeness (QED) is 0.544. The number of carbonyl (C=O) groups is 1. The zero-order valence-electron chi connectivity index (χ0n) is 10.2. The maximum Gasteiger partial charge on any atom is 0.150 e. The highest BCUT2D eigenvalue weighted by Crippen LogP contribution is 2.18. The van der Waals surface area contributed by atoms with Crippen molar-refractivity contribution in [3.63, 3.8) is 0 Å². The van der Waals surface area contributed by atoms with Crippen LogP contribution >= 0.6 is 0 Å². The maximum absolute atomic E-state index is 10.6. The van der Waals surface area contributed by atoms with Gasteiger partial charge in [-0.1, -0.05) is 0 Å². The molecule has 1 aromatic carbocycles. The summed E-state index contributed by atoms with van der Waals surface area (Å²) >= 11 is 0. The molecule has 3 heteroatoms. The van der Waals surface area contributed by atoms with E-state index in [1.54, 1.807) is 6.07 Å². The third-order valence-corrected chi connectivity index (χ3v) is 2.34. The third kappa shape index (κ3) is 4.03. The van der Waals surface area contributed by atoms with E-state index in [4.69, 9.17) is 4.74 Å². The van der Waals surface area contributed by atoms with Crippen molar-refractivity contribution >= 4 is 6.29 Å². The smallest absolute Gasteiger partial charge is 0.150 e. The Bertz CT molecular complexity index is 348. The van der Waals surface area contributed by atoms with E-state index in [-0.39, 0.29) is 0 Å². The molecule has 88 valence electrons. The molecule has 0 aliphatic rings. The van der Waals surface area contributed by atoms with Crippen LogP contribution in [0.5, 0.6) is 5.75 Å². The Morgan fingerprint density at radius 2 is 2.12 bits per heavy atom. The van der Waals surface area contributed by atoms with Crippen molar-refractivity contribution in [2.45, 2.75) is 13.3 Å². The molecule has 0 atom stereocenters. The van der Waals surface area contributed by atoms with Gasteiger partial charge in [0.1, 0.15) is 12.0 Å². The molecule has 0 aliphatic heterocycles.